The summed E-state index contributed by atoms with van der Waals surface area (Å²) in [4.78, 5) is 31.1. The van der Waals surface area contributed by atoms with Crippen molar-refractivity contribution in [2.24, 2.45) is 4.99 Å². The summed E-state index contributed by atoms with van der Waals surface area (Å²) >= 11 is 3.46. The number of halogens is 1. The molecule has 7 rings (SSSR count). The summed E-state index contributed by atoms with van der Waals surface area (Å²) < 4.78 is 14.7. The number of non-ortho nitro benzene ring substituents is 1. The molecular weight excluding hydrogens is 727 g/mol. The Hall–Kier alpha value is -5.06. The van der Waals surface area contributed by atoms with E-state index in [0.717, 1.165) is 38.0 Å². The molecule has 232 valence electrons. The van der Waals surface area contributed by atoms with Gasteiger partial charge < -0.3 is 9.47 Å². The van der Waals surface area contributed by atoms with Gasteiger partial charge in [0.1, 0.15) is 6.61 Å². The first-order valence-corrected chi connectivity index (χ1v) is 16.6. The van der Waals surface area contributed by atoms with E-state index in [9.17, 15) is 20.2 Å². The van der Waals surface area contributed by atoms with E-state index in [1.54, 1.807) is 29.9 Å². The van der Waals surface area contributed by atoms with Crippen LogP contribution in [-0.4, -0.2) is 16.6 Å². The number of nitro groups is 1. The summed E-state index contributed by atoms with van der Waals surface area (Å²) in [5.41, 5.74) is 6.47. The van der Waals surface area contributed by atoms with Crippen molar-refractivity contribution in [3.8, 4) is 17.6 Å². The van der Waals surface area contributed by atoms with Crippen LogP contribution >= 0.6 is 33.9 Å². The van der Waals surface area contributed by atoms with Gasteiger partial charge in [0.15, 0.2) is 16.3 Å². The Morgan fingerprint density at radius 1 is 1.11 bits per heavy atom. The fourth-order valence-corrected chi connectivity index (χ4v) is 7.93. The van der Waals surface area contributed by atoms with Gasteiger partial charge in [0.05, 0.1) is 43.5 Å². The molecular formula is C36H25IN4O5S. The van der Waals surface area contributed by atoms with Crippen LogP contribution in [0.5, 0.6) is 11.5 Å². The first-order valence-electron chi connectivity index (χ1n) is 14.7. The Morgan fingerprint density at radius 3 is 2.72 bits per heavy atom. The van der Waals surface area contributed by atoms with E-state index in [4.69, 9.17) is 14.5 Å². The number of nitro benzene ring substituents is 1. The molecule has 2 heterocycles. The summed E-state index contributed by atoms with van der Waals surface area (Å²) in [7, 11) is 1.56. The standard InChI is InChI=1S/C36H25IN4O5S/c1-45-30-16-21(15-29(37)34(30)46-20-25-9-3-2-8-24(25)19-38)17-31-35(42)40-33(23-10-6-11-26(18-23)41(43)44)28-14-13-22-7-4-5-12-27(22)32(28)39-36(40)47-31/h2-12,15-18,33H,13-14,20H2,1H3/b31-17+/t33-/m1/s1. The van der Waals surface area contributed by atoms with Crippen molar-refractivity contribution in [2.45, 2.75) is 25.5 Å². The van der Waals surface area contributed by atoms with Gasteiger partial charge in [-0.3, -0.25) is 19.5 Å². The molecule has 0 unspecified atom stereocenters. The fourth-order valence-electron chi connectivity index (χ4n) is 6.15. The van der Waals surface area contributed by atoms with Crippen molar-refractivity contribution >= 4 is 51.4 Å². The van der Waals surface area contributed by atoms with Crippen molar-refractivity contribution in [2.75, 3.05) is 7.11 Å². The zero-order chi connectivity index (χ0) is 32.7. The second kappa shape index (κ2) is 12.6. The van der Waals surface area contributed by atoms with Gasteiger partial charge in [-0.15, -0.1) is 0 Å². The number of rotatable bonds is 7. The van der Waals surface area contributed by atoms with Gasteiger partial charge in [0.2, 0.25) is 0 Å². The van der Waals surface area contributed by atoms with Crippen LogP contribution in [0.25, 0.3) is 11.8 Å². The second-order valence-corrected chi connectivity index (χ2v) is 13.2. The van der Waals surface area contributed by atoms with Crippen LogP contribution < -0.4 is 24.4 Å². The van der Waals surface area contributed by atoms with Gasteiger partial charge in [-0.1, -0.05) is 65.9 Å². The predicted molar refractivity (Wildman–Crippen MR) is 187 cm³/mol. The summed E-state index contributed by atoms with van der Waals surface area (Å²) in [5, 5.41) is 21.2. The predicted octanol–water partition coefficient (Wildman–Crippen LogP) is 6.29. The third-order valence-electron chi connectivity index (χ3n) is 8.33. The number of aryl methyl sites for hydroxylation is 1. The lowest BCUT2D eigenvalue weighted by Gasteiger charge is -2.30. The molecule has 1 aliphatic carbocycles. The first-order chi connectivity index (χ1) is 22.9. The Kier molecular flexibility index (Phi) is 8.21. The van der Waals surface area contributed by atoms with Crippen molar-refractivity contribution in [3.63, 3.8) is 0 Å². The van der Waals surface area contributed by atoms with Crippen molar-refractivity contribution in [1.82, 2.24) is 4.57 Å². The minimum absolute atomic E-state index is 0.0277. The monoisotopic (exact) mass is 752 g/mol. The largest absolute Gasteiger partial charge is 0.493 e. The molecule has 0 spiro atoms. The first kappa shape index (κ1) is 30.6. The molecule has 0 saturated carbocycles. The maximum Gasteiger partial charge on any atom is 0.271 e. The van der Waals surface area contributed by atoms with Crippen LogP contribution in [0.15, 0.2) is 100 Å². The van der Waals surface area contributed by atoms with E-state index in [2.05, 4.69) is 34.7 Å². The average molecular weight is 753 g/mol. The van der Waals surface area contributed by atoms with E-state index in [1.807, 2.05) is 60.7 Å². The fraction of sp³-hybridized carbons (Fsp3) is 0.139. The van der Waals surface area contributed by atoms with Gasteiger partial charge in [0, 0.05) is 23.3 Å². The topological polar surface area (TPSA) is 120 Å². The number of hydrogen-bond donors (Lipinski definition) is 0. The number of allylic oxidation sites excluding steroid dienone is 1. The number of aromatic nitrogens is 1. The molecule has 0 saturated heterocycles. The molecule has 9 nitrogen and oxygen atoms in total. The van der Waals surface area contributed by atoms with E-state index in [0.29, 0.717) is 38.4 Å². The SMILES string of the molecule is COc1cc(/C=c2/sc3n(c2=O)[C@H](c2cccc([N+](=O)[O-])c2)C2=C(N=3)c3ccccc3CC2)cc(I)c1OCc1ccccc1C#N. The third-order valence-corrected chi connectivity index (χ3v) is 10.1. The van der Waals surface area contributed by atoms with E-state index in [-0.39, 0.29) is 17.9 Å². The number of hydrogen-bond acceptors (Lipinski definition) is 8. The molecule has 4 aromatic carbocycles. The molecule has 5 aromatic rings. The summed E-state index contributed by atoms with van der Waals surface area (Å²) in [6, 6.07) is 27.3. The van der Waals surface area contributed by atoms with E-state index < -0.39 is 11.0 Å². The zero-order valence-corrected chi connectivity index (χ0v) is 27.9. The van der Waals surface area contributed by atoms with Gasteiger partial charge in [0.25, 0.3) is 11.2 Å². The molecule has 0 radical (unpaired) electrons. The molecule has 0 N–H and O–H groups in total. The summed E-state index contributed by atoms with van der Waals surface area (Å²) in [6.07, 6.45) is 3.28. The van der Waals surface area contributed by atoms with Crippen molar-refractivity contribution < 1.29 is 14.4 Å². The van der Waals surface area contributed by atoms with Crippen LogP contribution in [0.1, 0.15) is 45.8 Å². The minimum atomic E-state index is -0.529. The number of ether oxygens (including phenoxy) is 2. The highest BCUT2D eigenvalue weighted by molar-refractivity contribution is 14.1. The Morgan fingerprint density at radius 2 is 1.91 bits per heavy atom. The van der Waals surface area contributed by atoms with E-state index >= 15 is 0 Å². The number of nitriles is 1. The molecule has 0 amide bonds. The summed E-state index contributed by atoms with van der Waals surface area (Å²) in [6.45, 7) is 0.194. The highest BCUT2D eigenvalue weighted by atomic mass is 127. The highest BCUT2D eigenvalue weighted by Gasteiger charge is 2.33. The van der Waals surface area contributed by atoms with Gasteiger partial charge in [-0.2, -0.15) is 5.26 Å². The van der Waals surface area contributed by atoms with Crippen LogP contribution in [0, 0.1) is 25.0 Å². The summed E-state index contributed by atoms with van der Waals surface area (Å²) in [5.74, 6) is 1.03. The van der Waals surface area contributed by atoms with E-state index in [1.165, 1.54) is 23.0 Å². The Labute approximate surface area is 286 Å². The lowest BCUT2D eigenvalue weighted by molar-refractivity contribution is -0.384. The number of benzene rings is 4. The molecule has 0 fully saturated rings. The lowest BCUT2D eigenvalue weighted by Crippen LogP contribution is -2.38. The van der Waals surface area contributed by atoms with Gasteiger partial charge >= 0.3 is 0 Å². The molecule has 11 heteroatoms. The van der Waals surface area contributed by atoms with Crippen LogP contribution in [0.3, 0.4) is 0 Å². The zero-order valence-electron chi connectivity index (χ0n) is 25.0. The number of fused-ring (bicyclic) bond motifs is 3. The maximum atomic E-state index is 14.2. The molecule has 1 aromatic heterocycles. The van der Waals surface area contributed by atoms with Crippen molar-refractivity contribution in [1.29, 1.82) is 5.26 Å². The van der Waals surface area contributed by atoms with Gasteiger partial charge in [-0.05, 0) is 82.0 Å². The lowest BCUT2D eigenvalue weighted by atomic mass is 9.83. The van der Waals surface area contributed by atoms with Crippen LogP contribution in [-0.2, 0) is 13.0 Å². The molecule has 47 heavy (non-hydrogen) atoms. The minimum Gasteiger partial charge on any atom is -0.493 e. The quantitative estimate of drug-likeness (QED) is 0.110. The average Bonchev–Trinajstić information content (AvgIpc) is 3.40. The second-order valence-electron chi connectivity index (χ2n) is 11.1. The third kappa shape index (κ3) is 5.64. The maximum absolute atomic E-state index is 14.2. The number of methoxy groups -OCH3 is 1. The molecule has 1 aliphatic heterocycles. The smallest absolute Gasteiger partial charge is 0.271 e. The normalized spacial score (nSPS) is 15.2. The Balaban J connectivity index is 1.34. The highest BCUT2D eigenvalue weighted by Crippen LogP contribution is 2.42. The Bertz CT molecular complexity index is 2350. The molecule has 0 bridgehead atoms. The number of nitrogens with zero attached hydrogens (tertiary/aromatic N) is 4. The number of thiazole rings is 1. The van der Waals surface area contributed by atoms with Crippen LogP contribution in [0.2, 0.25) is 0 Å². The van der Waals surface area contributed by atoms with Gasteiger partial charge in [-0.25, -0.2) is 4.99 Å². The molecule has 2 aliphatic rings. The molecule has 1 atom stereocenters. The van der Waals surface area contributed by atoms with Crippen LogP contribution in [0.4, 0.5) is 5.69 Å². The van der Waals surface area contributed by atoms with Crippen molar-refractivity contribution in [3.05, 3.63) is 157 Å².